The fourth-order valence-electron chi connectivity index (χ4n) is 2.92. The number of likely N-dealkylation sites (tertiary alicyclic amines) is 1. The summed E-state index contributed by atoms with van der Waals surface area (Å²) < 4.78 is 11.1. The quantitative estimate of drug-likeness (QED) is 0.536. The van der Waals surface area contributed by atoms with Crippen LogP contribution in [0, 0.1) is 0 Å². The highest BCUT2D eigenvalue weighted by Crippen LogP contribution is 2.19. The van der Waals surface area contributed by atoms with Crippen LogP contribution in [0.3, 0.4) is 0 Å². The molecule has 0 radical (unpaired) electrons. The van der Waals surface area contributed by atoms with E-state index in [4.69, 9.17) is 9.47 Å². The topological polar surface area (TPSA) is 75.2 Å². The molecule has 1 amide bonds. The van der Waals surface area contributed by atoms with E-state index >= 15 is 0 Å². The Balaban J connectivity index is 1.82. The monoisotopic (exact) mass is 376 g/mol. The van der Waals surface area contributed by atoms with Gasteiger partial charge in [0, 0.05) is 25.7 Å². The highest BCUT2D eigenvalue weighted by molar-refractivity contribution is 5.85. The summed E-state index contributed by atoms with van der Waals surface area (Å²) in [6.07, 6.45) is 3.32. The largest absolute Gasteiger partial charge is 0.497 e. The summed E-state index contributed by atoms with van der Waals surface area (Å²) >= 11 is 0. The molecule has 27 heavy (non-hydrogen) atoms. The molecule has 0 aliphatic carbocycles. The summed E-state index contributed by atoms with van der Waals surface area (Å²) in [4.78, 5) is 18.6. The molecule has 0 saturated carbocycles. The van der Waals surface area contributed by atoms with Crippen LogP contribution in [0.15, 0.2) is 29.3 Å². The lowest BCUT2D eigenvalue weighted by molar-refractivity contribution is -0.130. The summed E-state index contributed by atoms with van der Waals surface area (Å²) in [5.74, 6) is 2.24. The minimum Gasteiger partial charge on any atom is -0.497 e. The van der Waals surface area contributed by atoms with E-state index in [1.165, 1.54) is 6.42 Å². The second-order valence-electron chi connectivity index (χ2n) is 6.62. The van der Waals surface area contributed by atoms with Crippen molar-refractivity contribution in [2.75, 3.05) is 39.8 Å². The number of nitrogens with one attached hydrogen (secondary N) is 2. The number of methoxy groups -OCH3 is 1. The summed E-state index contributed by atoms with van der Waals surface area (Å²) in [6.45, 7) is 7.15. The summed E-state index contributed by atoms with van der Waals surface area (Å²) in [5, 5.41) is 6.41. The maximum absolute atomic E-state index is 12.3. The Kier molecular flexibility index (Phi) is 8.74. The zero-order valence-corrected chi connectivity index (χ0v) is 16.7. The minimum atomic E-state index is -0.0706. The van der Waals surface area contributed by atoms with Gasteiger partial charge in [-0.3, -0.25) is 4.79 Å². The van der Waals surface area contributed by atoms with Crippen LogP contribution in [0.4, 0.5) is 0 Å². The molecular formula is C20H32N4O3. The Morgan fingerprint density at radius 3 is 2.67 bits per heavy atom. The first-order valence-electron chi connectivity index (χ1n) is 9.73. The number of aliphatic imine (C=N–C) groups is 1. The molecule has 1 atom stereocenters. The van der Waals surface area contributed by atoms with Gasteiger partial charge in [0.05, 0.1) is 13.7 Å². The van der Waals surface area contributed by atoms with Gasteiger partial charge < -0.3 is 25.0 Å². The minimum absolute atomic E-state index is 0.0706. The molecule has 0 spiro atoms. The van der Waals surface area contributed by atoms with Gasteiger partial charge in [0.15, 0.2) is 5.96 Å². The number of benzene rings is 1. The highest BCUT2D eigenvalue weighted by Gasteiger charge is 2.16. The molecule has 0 bridgehead atoms. The summed E-state index contributed by atoms with van der Waals surface area (Å²) in [5.41, 5.74) is 0. The smallest absolute Gasteiger partial charge is 0.244 e. The Bertz CT molecular complexity index is 615. The lowest BCUT2D eigenvalue weighted by Gasteiger charge is -2.26. The molecule has 1 aliphatic rings. The summed E-state index contributed by atoms with van der Waals surface area (Å²) in [6, 6.07) is 7.53. The number of hydrogen-bond donors (Lipinski definition) is 2. The van der Waals surface area contributed by atoms with Crippen LogP contribution in [0.2, 0.25) is 0 Å². The van der Waals surface area contributed by atoms with Gasteiger partial charge in [-0.2, -0.15) is 0 Å². The molecule has 1 saturated heterocycles. The number of nitrogens with zero attached hydrogens (tertiary/aromatic N) is 2. The fraction of sp³-hybridized carbons (Fsp3) is 0.600. The number of rotatable bonds is 8. The third-order valence-corrected chi connectivity index (χ3v) is 4.36. The first kappa shape index (κ1) is 20.9. The molecule has 1 aromatic carbocycles. The van der Waals surface area contributed by atoms with Crippen LogP contribution < -0.4 is 20.1 Å². The van der Waals surface area contributed by atoms with Crippen molar-refractivity contribution in [2.24, 2.45) is 4.99 Å². The first-order chi connectivity index (χ1) is 13.1. The molecule has 1 unspecified atom stereocenters. The maximum atomic E-state index is 12.3. The number of ether oxygens (including phenoxy) is 2. The van der Waals surface area contributed by atoms with Crippen molar-refractivity contribution in [2.45, 2.75) is 39.2 Å². The van der Waals surface area contributed by atoms with Gasteiger partial charge in [0.1, 0.15) is 24.1 Å². The number of carbonyl (C=O) groups excluding carboxylic acids is 1. The van der Waals surface area contributed by atoms with Gasteiger partial charge in [-0.25, -0.2) is 4.99 Å². The van der Waals surface area contributed by atoms with E-state index in [0.29, 0.717) is 12.5 Å². The van der Waals surface area contributed by atoms with Crippen molar-refractivity contribution in [3.63, 3.8) is 0 Å². The zero-order valence-electron chi connectivity index (χ0n) is 16.7. The molecule has 2 rings (SSSR count). The lowest BCUT2D eigenvalue weighted by Crippen LogP contribution is -2.43. The number of piperidine rings is 1. The van der Waals surface area contributed by atoms with Crippen LogP contribution in [-0.2, 0) is 4.79 Å². The molecular weight excluding hydrogens is 344 g/mol. The van der Waals surface area contributed by atoms with Crippen molar-refractivity contribution < 1.29 is 14.3 Å². The maximum Gasteiger partial charge on any atom is 0.244 e. The normalized spacial score (nSPS) is 15.8. The average Bonchev–Trinajstić information content (AvgIpc) is 2.70. The molecule has 7 heteroatoms. The van der Waals surface area contributed by atoms with E-state index in [2.05, 4.69) is 15.6 Å². The Hall–Kier alpha value is -2.44. The zero-order chi connectivity index (χ0) is 19.5. The molecule has 1 fully saturated rings. The summed E-state index contributed by atoms with van der Waals surface area (Å²) in [7, 11) is 1.63. The molecule has 1 aromatic rings. The average molecular weight is 377 g/mol. The van der Waals surface area contributed by atoms with E-state index in [1.54, 1.807) is 7.11 Å². The van der Waals surface area contributed by atoms with Gasteiger partial charge in [-0.05, 0) is 45.2 Å². The standard InChI is InChI=1S/C20H32N4O3/c1-4-21-20(23-15-19(25)24-11-6-5-7-12-24)22-14-16(2)27-18-10-8-9-17(13-18)26-3/h8-10,13,16H,4-7,11-12,14-15H2,1-3H3,(H2,21,22,23). The van der Waals surface area contributed by atoms with Crippen LogP contribution in [-0.4, -0.2) is 62.7 Å². The van der Waals surface area contributed by atoms with Crippen LogP contribution in [0.1, 0.15) is 33.1 Å². The Morgan fingerprint density at radius 2 is 1.96 bits per heavy atom. The first-order valence-corrected chi connectivity index (χ1v) is 9.73. The van der Waals surface area contributed by atoms with Gasteiger partial charge >= 0.3 is 0 Å². The fourth-order valence-corrected chi connectivity index (χ4v) is 2.92. The van der Waals surface area contributed by atoms with Crippen molar-refractivity contribution in [1.82, 2.24) is 15.5 Å². The second kappa shape index (κ2) is 11.3. The number of guanidine groups is 1. The predicted octanol–water partition coefficient (Wildman–Crippen LogP) is 2.03. The van der Waals surface area contributed by atoms with Crippen molar-refractivity contribution in [1.29, 1.82) is 0 Å². The third-order valence-electron chi connectivity index (χ3n) is 4.36. The Labute approximate surface area is 162 Å². The second-order valence-corrected chi connectivity index (χ2v) is 6.62. The lowest BCUT2D eigenvalue weighted by atomic mass is 10.1. The highest BCUT2D eigenvalue weighted by atomic mass is 16.5. The van der Waals surface area contributed by atoms with Crippen molar-refractivity contribution in [3.8, 4) is 11.5 Å². The van der Waals surface area contributed by atoms with Crippen LogP contribution >= 0.6 is 0 Å². The van der Waals surface area contributed by atoms with Gasteiger partial charge in [0.25, 0.3) is 0 Å². The molecule has 150 valence electrons. The number of hydrogen-bond acceptors (Lipinski definition) is 4. The Morgan fingerprint density at radius 1 is 1.22 bits per heavy atom. The van der Waals surface area contributed by atoms with E-state index < -0.39 is 0 Å². The van der Waals surface area contributed by atoms with Crippen LogP contribution in [0.25, 0.3) is 0 Å². The van der Waals surface area contributed by atoms with Gasteiger partial charge in [0.2, 0.25) is 5.91 Å². The number of amides is 1. The SMILES string of the molecule is CCNC(=NCC(=O)N1CCCCC1)NCC(C)Oc1cccc(OC)c1. The third kappa shape index (κ3) is 7.37. The molecule has 0 aromatic heterocycles. The van der Waals surface area contributed by atoms with Crippen molar-refractivity contribution in [3.05, 3.63) is 24.3 Å². The molecule has 2 N–H and O–H groups in total. The van der Waals surface area contributed by atoms with Gasteiger partial charge in [-0.1, -0.05) is 6.07 Å². The van der Waals surface area contributed by atoms with Gasteiger partial charge in [-0.15, -0.1) is 0 Å². The van der Waals surface area contributed by atoms with E-state index in [1.807, 2.05) is 43.0 Å². The van der Waals surface area contributed by atoms with Crippen molar-refractivity contribution >= 4 is 11.9 Å². The number of carbonyl (C=O) groups is 1. The van der Waals surface area contributed by atoms with E-state index in [0.717, 1.165) is 44.0 Å². The molecule has 1 heterocycles. The van der Waals surface area contributed by atoms with E-state index in [-0.39, 0.29) is 18.6 Å². The van der Waals surface area contributed by atoms with E-state index in [9.17, 15) is 4.79 Å². The van der Waals surface area contributed by atoms with Crippen LogP contribution in [0.5, 0.6) is 11.5 Å². The molecule has 1 aliphatic heterocycles. The molecule has 7 nitrogen and oxygen atoms in total. The predicted molar refractivity (Wildman–Crippen MR) is 107 cm³/mol.